The molecule has 0 saturated heterocycles. The van der Waals surface area contributed by atoms with Gasteiger partial charge in [0.25, 0.3) is 0 Å². The molecule has 26 heavy (non-hydrogen) atoms. The largest absolute Gasteiger partial charge is 0.382 e. The second kappa shape index (κ2) is 7.23. The molecule has 2 heterocycles. The fraction of sp³-hybridized carbons (Fsp3) is 0.632. The van der Waals surface area contributed by atoms with Crippen molar-refractivity contribution in [3.63, 3.8) is 0 Å². The maximum absolute atomic E-state index is 12.5. The summed E-state index contributed by atoms with van der Waals surface area (Å²) in [4.78, 5) is 27.0. The normalized spacial score (nSPS) is 14.4. The van der Waals surface area contributed by atoms with Crippen molar-refractivity contribution in [2.75, 3.05) is 12.8 Å². The van der Waals surface area contributed by atoms with Gasteiger partial charge in [-0.05, 0) is 44.1 Å². The summed E-state index contributed by atoms with van der Waals surface area (Å²) in [7, 11) is 1.53. The SMILES string of the molecule is CON(Cc1nc2c(N)nc(C)c(C)c2n1CC(C)C)C(=O)CC1CC1. The second-order valence-corrected chi connectivity index (χ2v) is 7.70. The van der Waals surface area contributed by atoms with Gasteiger partial charge in [0.2, 0.25) is 5.91 Å². The van der Waals surface area contributed by atoms with Crippen LogP contribution >= 0.6 is 0 Å². The average molecular weight is 359 g/mol. The Morgan fingerprint density at radius 1 is 1.35 bits per heavy atom. The lowest BCUT2D eigenvalue weighted by atomic mass is 10.1. The van der Waals surface area contributed by atoms with Gasteiger partial charge in [-0.1, -0.05) is 13.8 Å². The van der Waals surface area contributed by atoms with Gasteiger partial charge in [-0.25, -0.2) is 15.0 Å². The first-order valence-electron chi connectivity index (χ1n) is 9.28. The lowest BCUT2D eigenvalue weighted by molar-refractivity contribution is -0.180. The van der Waals surface area contributed by atoms with Gasteiger partial charge in [0.15, 0.2) is 5.82 Å². The number of fused-ring (bicyclic) bond motifs is 1. The number of rotatable bonds is 7. The summed E-state index contributed by atoms with van der Waals surface area (Å²) < 4.78 is 2.16. The van der Waals surface area contributed by atoms with Crippen LogP contribution in [0.15, 0.2) is 0 Å². The highest BCUT2D eigenvalue weighted by atomic mass is 16.7. The van der Waals surface area contributed by atoms with Crippen LogP contribution in [0.1, 0.15) is 50.2 Å². The Bertz CT molecular complexity index is 823. The van der Waals surface area contributed by atoms with Crippen LogP contribution in [0.2, 0.25) is 0 Å². The van der Waals surface area contributed by atoms with E-state index >= 15 is 0 Å². The van der Waals surface area contributed by atoms with Crippen molar-refractivity contribution in [2.45, 2.75) is 60.0 Å². The molecule has 7 heteroatoms. The van der Waals surface area contributed by atoms with Gasteiger partial charge in [-0.2, -0.15) is 0 Å². The van der Waals surface area contributed by atoms with Gasteiger partial charge in [-0.3, -0.25) is 9.63 Å². The van der Waals surface area contributed by atoms with Crippen molar-refractivity contribution in [3.8, 4) is 0 Å². The third-order valence-corrected chi connectivity index (χ3v) is 4.97. The van der Waals surface area contributed by atoms with Crippen molar-refractivity contribution >= 4 is 22.8 Å². The minimum absolute atomic E-state index is 0.0113. The van der Waals surface area contributed by atoms with E-state index in [2.05, 4.69) is 23.4 Å². The van der Waals surface area contributed by atoms with Crippen LogP contribution in [0, 0.1) is 25.7 Å². The van der Waals surface area contributed by atoms with E-state index in [9.17, 15) is 4.79 Å². The van der Waals surface area contributed by atoms with Gasteiger partial charge in [0, 0.05) is 18.7 Å². The minimum Gasteiger partial charge on any atom is -0.382 e. The summed E-state index contributed by atoms with van der Waals surface area (Å²) >= 11 is 0. The van der Waals surface area contributed by atoms with E-state index in [1.54, 1.807) is 0 Å². The number of carbonyl (C=O) groups excluding carboxylic acids is 1. The number of aryl methyl sites for hydroxylation is 2. The molecule has 0 bridgehead atoms. The first-order chi connectivity index (χ1) is 12.3. The second-order valence-electron chi connectivity index (χ2n) is 7.70. The molecule has 2 N–H and O–H groups in total. The van der Waals surface area contributed by atoms with E-state index in [-0.39, 0.29) is 5.91 Å². The number of nitrogens with two attached hydrogens (primary N) is 1. The quantitative estimate of drug-likeness (QED) is 0.768. The third-order valence-electron chi connectivity index (χ3n) is 4.97. The van der Waals surface area contributed by atoms with Crippen LogP contribution in [0.3, 0.4) is 0 Å². The summed E-state index contributed by atoms with van der Waals surface area (Å²) in [5.74, 6) is 2.16. The molecule has 0 atom stereocenters. The molecule has 0 unspecified atom stereocenters. The molecule has 3 rings (SSSR count). The first kappa shape index (κ1) is 18.6. The highest BCUT2D eigenvalue weighted by molar-refractivity contribution is 5.88. The molecule has 142 valence electrons. The molecule has 1 amide bonds. The zero-order chi connectivity index (χ0) is 19.0. The topological polar surface area (TPSA) is 86.3 Å². The summed E-state index contributed by atoms with van der Waals surface area (Å²) in [5, 5.41) is 1.42. The molecule has 1 aliphatic carbocycles. The third kappa shape index (κ3) is 3.67. The number of aromatic nitrogens is 3. The number of hydrogen-bond donors (Lipinski definition) is 1. The number of imidazole rings is 1. The lowest BCUT2D eigenvalue weighted by Gasteiger charge is -2.21. The molecule has 0 spiro atoms. The fourth-order valence-corrected chi connectivity index (χ4v) is 3.28. The number of hydrogen-bond acceptors (Lipinski definition) is 5. The average Bonchev–Trinajstić information content (AvgIpc) is 3.31. The van der Waals surface area contributed by atoms with Crippen LogP contribution in [0.4, 0.5) is 5.82 Å². The van der Waals surface area contributed by atoms with Gasteiger partial charge in [0.05, 0.1) is 12.6 Å². The predicted octanol–water partition coefficient (Wildman–Crippen LogP) is 2.98. The van der Waals surface area contributed by atoms with Gasteiger partial charge >= 0.3 is 0 Å². The van der Waals surface area contributed by atoms with E-state index in [0.717, 1.165) is 42.0 Å². The standard InChI is InChI=1S/C19H29N5O2/c1-11(2)9-23-15(10-24(26-5)16(25)8-14-6-7-14)22-17-18(23)12(3)13(4)21-19(17)20/h11,14H,6-10H2,1-5H3,(H2,20,21). The first-order valence-corrected chi connectivity index (χ1v) is 9.28. The Morgan fingerprint density at radius 2 is 2.04 bits per heavy atom. The molecule has 2 aromatic heterocycles. The zero-order valence-electron chi connectivity index (χ0n) is 16.4. The molecule has 7 nitrogen and oxygen atoms in total. The Kier molecular flexibility index (Phi) is 5.18. The van der Waals surface area contributed by atoms with Crippen molar-refractivity contribution in [1.82, 2.24) is 19.6 Å². The fourth-order valence-electron chi connectivity index (χ4n) is 3.28. The van der Waals surface area contributed by atoms with E-state index in [4.69, 9.17) is 15.6 Å². The number of carbonyl (C=O) groups is 1. The zero-order valence-corrected chi connectivity index (χ0v) is 16.4. The maximum Gasteiger partial charge on any atom is 0.246 e. The Balaban J connectivity index is 2.01. The molecule has 0 aromatic carbocycles. The Labute approximate surface area is 154 Å². The highest BCUT2D eigenvalue weighted by Crippen LogP contribution is 2.33. The molecule has 0 aliphatic heterocycles. The summed E-state index contributed by atoms with van der Waals surface area (Å²) in [6.07, 6.45) is 2.81. The monoisotopic (exact) mass is 359 g/mol. The highest BCUT2D eigenvalue weighted by Gasteiger charge is 2.28. The Morgan fingerprint density at radius 3 is 2.62 bits per heavy atom. The smallest absolute Gasteiger partial charge is 0.246 e. The predicted molar refractivity (Wildman–Crippen MR) is 101 cm³/mol. The summed E-state index contributed by atoms with van der Waals surface area (Å²) in [6, 6.07) is 0. The molecular weight excluding hydrogens is 330 g/mol. The number of pyridine rings is 1. The van der Waals surface area contributed by atoms with Gasteiger partial charge in [0.1, 0.15) is 17.9 Å². The molecule has 1 saturated carbocycles. The summed E-state index contributed by atoms with van der Waals surface area (Å²) in [6.45, 7) is 9.42. The number of nitrogens with zero attached hydrogens (tertiary/aromatic N) is 4. The lowest BCUT2D eigenvalue weighted by Crippen LogP contribution is -2.31. The van der Waals surface area contributed by atoms with Crippen LogP contribution < -0.4 is 5.73 Å². The molecule has 1 aliphatic rings. The number of anilines is 1. The van der Waals surface area contributed by atoms with Crippen LogP contribution in [-0.4, -0.2) is 32.6 Å². The van der Waals surface area contributed by atoms with E-state index in [1.807, 2.05) is 13.8 Å². The Hall–Kier alpha value is -2.15. The van der Waals surface area contributed by atoms with Crippen molar-refractivity contribution in [3.05, 3.63) is 17.1 Å². The summed E-state index contributed by atoms with van der Waals surface area (Å²) in [5.41, 5.74) is 9.82. The van der Waals surface area contributed by atoms with Gasteiger partial charge < -0.3 is 10.3 Å². The van der Waals surface area contributed by atoms with Crippen molar-refractivity contribution < 1.29 is 9.63 Å². The number of nitrogen functional groups attached to an aromatic ring is 1. The van der Waals surface area contributed by atoms with Crippen LogP contribution in [-0.2, 0) is 22.7 Å². The van der Waals surface area contributed by atoms with Crippen LogP contribution in [0.25, 0.3) is 11.0 Å². The molecule has 0 radical (unpaired) electrons. The van der Waals surface area contributed by atoms with Crippen molar-refractivity contribution in [2.24, 2.45) is 11.8 Å². The number of amides is 1. The van der Waals surface area contributed by atoms with Gasteiger partial charge in [-0.15, -0.1) is 0 Å². The molecule has 2 aromatic rings. The maximum atomic E-state index is 12.5. The number of hydroxylamine groups is 2. The molecule has 1 fully saturated rings. The van der Waals surface area contributed by atoms with E-state index < -0.39 is 0 Å². The van der Waals surface area contributed by atoms with Crippen LogP contribution in [0.5, 0.6) is 0 Å². The van der Waals surface area contributed by atoms with E-state index in [0.29, 0.717) is 36.1 Å². The minimum atomic E-state index is 0.0113. The van der Waals surface area contributed by atoms with E-state index in [1.165, 1.54) is 12.2 Å². The van der Waals surface area contributed by atoms with Crippen molar-refractivity contribution in [1.29, 1.82) is 0 Å². The molecular formula is C19H29N5O2.